The molecule has 1 aliphatic carbocycles. The summed E-state index contributed by atoms with van der Waals surface area (Å²) < 4.78 is 36.3. The van der Waals surface area contributed by atoms with Crippen molar-refractivity contribution in [2.45, 2.75) is 44.4 Å². The first-order valence-corrected chi connectivity index (χ1v) is 11.8. The molecule has 1 amide bonds. The number of halogens is 1. The van der Waals surface area contributed by atoms with Crippen LogP contribution in [0.25, 0.3) is 0 Å². The van der Waals surface area contributed by atoms with E-state index in [1.807, 2.05) is 0 Å². The van der Waals surface area contributed by atoms with E-state index in [-0.39, 0.29) is 41.8 Å². The van der Waals surface area contributed by atoms with Gasteiger partial charge in [0.15, 0.2) is 23.0 Å². The third kappa shape index (κ3) is 3.90. The number of amides is 1. The first kappa shape index (κ1) is 23.2. The van der Waals surface area contributed by atoms with Crippen LogP contribution in [0, 0.1) is 11.7 Å². The molecule has 0 radical (unpaired) electrons. The highest BCUT2D eigenvalue weighted by Crippen LogP contribution is 2.49. The minimum Gasteiger partial charge on any atom is -0.493 e. The molecule has 0 bridgehead atoms. The SMILES string of the molecule is COc1cc(C2C3=C(OC4CCCCC4C3=O)C(=O)N2Cc2ccc(F)cc2)cc(OC)c1OC. The molecule has 0 saturated heterocycles. The van der Waals surface area contributed by atoms with Gasteiger partial charge < -0.3 is 23.8 Å². The Balaban J connectivity index is 1.64. The number of rotatable bonds is 6. The summed E-state index contributed by atoms with van der Waals surface area (Å²) in [5, 5.41) is 0. The summed E-state index contributed by atoms with van der Waals surface area (Å²) >= 11 is 0. The molecule has 3 aliphatic rings. The van der Waals surface area contributed by atoms with E-state index >= 15 is 0 Å². The summed E-state index contributed by atoms with van der Waals surface area (Å²) in [6.07, 6.45) is 3.16. The minimum absolute atomic E-state index is 0.0374. The van der Waals surface area contributed by atoms with Crippen molar-refractivity contribution >= 4 is 11.7 Å². The summed E-state index contributed by atoms with van der Waals surface area (Å²) in [6, 6.07) is 8.79. The molecule has 3 unspecified atom stereocenters. The number of hydrogen-bond acceptors (Lipinski definition) is 6. The van der Waals surface area contributed by atoms with Crippen LogP contribution in [-0.2, 0) is 20.9 Å². The number of benzene rings is 2. The van der Waals surface area contributed by atoms with E-state index in [1.165, 1.54) is 33.5 Å². The highest BCUT2D eigenvalue weighted by Gasteiger charge is 2.52. The second-order valence-corrected chi connectivity index (χ2v) is 9.08. The Morgan fingerprint density at radius 1 is 0.971 bits per heavy atom. The van der Waals surface area contributed by atoms with Crippen LogP contribution in [0.2, 0.25) is 0 Å². The molecule has 2 heterocycles. The number of methoxy groups -OCH3 is 3. The van der Waals surface area contributed by atoms with E-state index in [9.17, 15) is 14.0 Å². The molecule has 0 N–H and O–H groups in total. The fraction of sp³-hybridized carbons (Fsp3) is 0.407. The van der Waals surface area contributed by atoms with Gasteiger partial charge in [-0.3, -0.25) is 9.59 Å². The molecule has 8 heteroatoms. The number of ketones is 1. The number of ether oxygens (including phenoxy) is 4. The lowest BCUT2D eigenvalue weighted by Crippen LogP contribution is -2.39. The van der Waals surface area contributed by atoms with E-state index in [0.717, 1.165) is 31.2 Å². The van der Waals surface area contributed by atoms with Gasteiger partial charge in [0, 0.05) is 6.54 Å². The number of fused-ring (bicyclic) bond motifs is 1. The van der Waals surface area contributed by atoms with Gasteiger partial charge in [-0.2, -0.15) is 0 Å². The molecule has 35 heavy (non-hydrogen) atoms. The average molecular weight is 482 g/mol. The largest absolute Gasteiger partial charge is 0.493 e. The van der Waals surface area contributed by atoms with Gasteiger partial charge in [0.05, 0.1) is 38.9 Å². The van der Waals surface area contributed by atoms with Gasteiger partial charge in [-0.05, 0) is 54.7 Å². The van der Waals surface area contributed by atoms with Crippen LogP contribution >= 0.6 is 0 Å². The zero-order chi connectivity index (χ0) is 24.7. The van der Waals surface area contributed by atoms with Crippen LogP contribution in [-0.4, -0.2) is 44.0 Å². The summed E-state index contributed by atoms with van der Waals surface area (Å²) in [6.45, 7) is 0.180. The second kappa shape index (κ2) is 9.24. The maximum Gasteiger partial charge on any atom is 0.290 e. The molecule has 3 atom stereocenters. The van der Waals surface area contributed by atoms with Crippen LogP contribution < -0.4 is 14.2 Å². The van der Waals surface area contributed by atoms with E-state index in [4.69, 9.17) is 18.9 Å². The quantitative estimate of drug-likeness (QED) is 0.611. The summed E-state index contributed by atoms with van der Waals surface area (Å²) in [5.41, 5.74) is 1.75. The Kier molecular flexibility index (Phi) is 6.13. The van der Waals surface area contributed by atoms with Gasteiger partial charge in [-0.15, -0.1) is 0 Å². The molecule has 2 aromatic rings. The molecule has 2 aromatic carbocycles. The minimum atomic E-state index is -0.702. The highest BCUT2D eigenvalue weighted by atomic mass is 19.1. The zero-order valence-electron chi connectivity index (χ0n) is 20.0. The molecule has 184 valence electrons. The monoisotopic (exact) mass is 481 g/mol. The van der Waals surface area contributed by atoms with E-state index in [0.29, 0.717) is 28.4 Å². The zero-order valence-corrected chi connectivity index (χ0v) is 20.0. The van der Waals surface area contributed by atoms with Crippen LogP contribution in [0.1, 0.15) is 42.9 Å². The molecular formula is C27H28FNO6. The maximum atomic E-state index is 13.8. The molecule has 5 rings (SSSR count). The number of carbonyl (C=O) groups is 2. The van der Waals surface area contributed by atoms with Crippen LogP contribution in [0.3, 0.4) is 0 Å². The molecule has 1 saturated carbocycles. The first-order chi connectivity index (χ1) is 17.0. The average Bonchev–Trinajstić information content (AvgIpc) is 3.16. The number of nitrogens with zero attached hydrogens (tertiary/aromatic N) is 1. The summed E-state index contributed by atoms with van der Waals surface area (Å²) in [7, 11) is 4.55. The summed E-state index contributed by atoms with van der Waals surface area (Å²) in [5.74, 6) is 0.382. The van der Waals surface area contributed by atoms with E-state index < -0.39 is 6.04 Å². The van der Waals surface area contributed by atoms with Gasteiger partial charge in [-0.1, -0.05) is 18.6 Å². The fourth-order valence-electron chi connectivity index (χ4n) is 5.45. The highest BCUT2D eigenvalue weighted by molar-refractivity contribution is 6.11. The van der Waals surface area contributed by atoms with Crippen molar-refractivity contribution in [3.63, 3.8) is 0 Å². The predicted molar refractivity (Wildman–Crippen MR) is 125 cm³/mol. The maximum absolute atomic E-state index is 13.8. The topological polar surface area (TPSA) is 74.3 Å². The van der Waals surface area contributed by atoms with Crippen molar-refractivity contribution in [2.75, 3.05) is 21.3 Å². The fourth-order valence-corrected chi connectivity index (χ4v) is 5.45. The Morgan fingerprint density at radius 3 is 2.26 bits per heavy atom. The molecule has 0 aromatic heterocycles. The van der Waals surface area contributed by atoms with Crippen LogP contribution in [0.4, 0.5) is 4.39 Å². The first-order valence-electron chi connectivity index (χ1n) is 11.8. The van der Waals surface area contributed by atoms with Crippen molar-refractivity contribution in [1.29, 1.82) is 0 Å². The normalized spacial score (nSPS) is 23.5. The number of carbonyl (C=O) groups excluding carboxylic acids is 2. The Hall–Kier alpha value is -3.55. The van der Waals surface area contributed by atoms with Crippen LogP contribution in [0.15, 0.2) is 47.7 Å². The predicted octanol–water partition coefficient (Wildman–Crippen LogP) is 4.35. The lowest BCUT2D eigenvalue weighted by atomic mass is 9.77. The summed E-state index contributed by atoms with van der Waals surface area (Å²) in [4.78, 5) is 29.1. The molecular weight excluding hydrogens is 453 g/mol. The number of hydrogen-bond donors (Lipinski definition) is 0. The van der Waals surface area contributed by atoms with Gasteiger partial charge in [0.25, 0.3) is 5.91 Å². The molecule has 2 aliphatic heterocycles. The van der Waals surface area contributed by atoms with Crippen LogP contribution in [0.5, 0.6) is 17.2 Å². The molecule has 7 nitrogen and oxygen atoms in total. The Labute approximate surface area is 203 Å². The van der Waals surface area contributed by atoms with Crippen molar-refractivity contribution in [3.05, 3.63) is 64.7 Å². The Morgan fingerprint density at radius 2 is 1.63 bits per heavy atom. The van der Waals surface area contributed by atoms with Crippen molar-refractivity contribution in [1.82, 2.24) is 4.90 Å². The third-order valence-corrected chi connectivity index (χ3v) is 7.13. The van der Waals surface area contributed by atoms with Gasteiger partial charge in [-0.25, -0.2) is 4.39 Å². The Bertz CT molecular complexity index is 1170. The van der Waals surface area contributed by atoms with Gasteiger partial charge in [0.1, 0.15) is 11.9 Å². The lowest BCUT2D eigenvalue weighted by Gasteiger charge is -2.35. The molecule has 0 spiro atoms. The molecule has 1 fully saturated rings. The van der Waals surface area contributed by atoms with E-state index in [2.05, 4.69) is 0 Å². The van der Waals surface area contributed by atoms with Crippen molar-refractivity contribution < 1.29 is 32.9 Å². The van der Waals surface area contributed by atoms with Crippen molar-refractivity contribution in [3.8, 4) is 17.2 Å². The number of Topliss-reactive ketones (excluding diaryl/α,β-unsaturated/α-hetero) is 1. The van der Waals surface area contributed by atoms with Crippen molar-refractivity contribution in [2.24, 2.45) is 5.92 Å². The standard InChI is InChI=1S/C27H28FNO6/c1-32-20-12-16(13-21(33-2)25(20)34-3)23-22-24(30)18-6-4-5-7-19(18)35-26(22)27(31)29(23)14-15-8-10-17(28)11-9-15/h8-13,18-19,23H,4-7,14H2,1-3H3. The lowest BCUT2D eigenvalue weighted by molar-refractivity contribution is -0.135. The van der Waals surface area contributed by atoms with Gasteiger partial charge >= 0.3 is 0 Å². The second-order valence-electron chi connectivity index (χ2n) is 9.08. The third-order valence-electron chi connectivity index (χ3n) is 7.13. The van der Waals surface area contributed by atoms with Gasteiger partial charge in [0.2, 0.25) is 5.75 Å². The van der Waals surface area contributed by atoms with E-state index in [1.54, 1.807) is 29.2 Å². The smallest absolute Gasteiger partial charge is 0.290 e.